The Bertz CT molecular complexity index is 1290. The van der Waals surface area contributed by atoms with Gasteiger partial charge in [-0.05, 0) is 25.5 Å². The second-order valence-electron chi connectivity index (χ2n) is 7.66. The van der Waals surface area contributed by atoms with Crippen LogP contribution in [0.3, 0.4) is 0 Å². The van der Waals surface area contributed by atoms with Crippen molar-refractivity contribution in [3.63, 3.8) is 0 Å². The minimum absolute atomic E-state index is 0.0164. The number of nitriles is 1. The lowest BCUT2D eigenvalue weighted by molar-refractivity contribution is 0.102. The lowest BCUT2D eigenvalue weighted by atomic mass is 9.99. The van der Waals surface area contributed by atoms with Gasteiger partial charge in [-0.3, -0.25) is 4.79 Å². The molecule has 0 unspecified atom stereocenters. The second-order valence-corrected chi connectivity index (χ2v) is 8.62. The number of Topliss-reactive ketones (excluding diaryl/α,β-unsaturated/α-hetero) is 1. The van der Waals surface area contributed by atoms with Crippen LogP contribution in [-0.4, -0.2) is 16.5 Å². The molecule has 0 amide bonds. The van der Waals surface area contributed by atoms with Crippen molar-refractivity contribution >= 4 is 17.5 Å². The zero-order valence-corrected chi connectivity index (χ0v) is 18.8. The van der Waals surface area contributed by atoms with Gasteiger partial charge in [0.05, 0.1) is 17.0 Å². The molecule has 4 rings (SSSR count). The van der Waals surface area contributed by atoms with E-state index < -0.39 is 0 Å². The number of ketones is 1. The molecule has 0 saturated heterocycles. The van der Waals surface area contributed by atoms with Gasteiger partial charge < -0.3 is 0 Å². The summed E-state index contributed by atoms with van der Waals surface area (Å²) in [6.45, 7) is 4.04. The molecule has 0 aliphatic rings. The van der Waals surface area contributed by atoms with Gasteiger partial charge in [0, 0.05) is 16.7 Å². The highest BCUT2D eigenvalue weighted by Gasteiger charge is 2.17. The minimum Gasteiger partial charge on any atom is -0.293 e. The van der Waals surface area contributed by atoms with Crippen LogP contribution >= 0.6 is 11.8 Å². The summed E-state index contributed by atoms with van der Waals surface area (Å²) < 4.78 is 0. The van der Waals surface area contributed by atoms with Gasteiger partial charge in [-0.25, -0.2) is 4.98 Å². The van der Waals surface area contributed by atoms with Crippen LogP contribution in [0.4, 0.5) is 0 Å². The van der Waals surface area contributed by atoms with Gasteiger partial charge in [-0.1, -0.05) is 102 Å². The molecule has 0 radical (unpaired) electrons. The number of thioether (sulfide) groups is 1. The van der Waals surface area contributed by atoms with Crippen molar-refractivity contribution in [3.8, 4) is 28.5 Å². The Morgan fingerprint density at radius 3 is 2.12 bits per heavy atom. The Morgan fingerprint density at radius 2 is 1.50 bits per heavy atom. The second kappa shape index (κ2) is 9.64. The van der Waals surface area contributed by atoms with Gasteiger partial charge in [0.2, 0.25) is 0 Å². The molecular weight excluding hydrogens is 412 g/mol. The average Bonchev–Trinajstić information content (AvgIpc) is 2.83. The first-order valence-electron chi connectivity index (χ1n) is 10.4. The van der Waals surface area contributed by atoms with E-state index in [-0.39, 0.29) is 11.5 Å². The molecule has 0 aliphatic carbocycles. The first kappa shape index (κ1) is 21.5. The van der Waals surface area contributed by atoms with Crippen LogP contribution in [0.25, 0.3) is 22.4 Å². The zero-order valence-electron chi connectivity index (χ0n) is 18.0. The number of hydrogen-bond donors (Lipinski definition) is 0. The fourth-order valence-electron chi connectivity index (χ4n) is 3.41. The minimum atomic E-state index is 0.0164. The Kier molecular flexibility index (Phi) is 6.49. The third-order valence-electron chi connectivity index (χ3n) is 5.24. The molecule has 3 aromatic carbocycles. The standard InChI is InChI=1S/C28H22N2OS/c1-19-8-12-22(13-9-19)26-16-24(21-6-4-3-5-7-21)25(17-29)28(30-26)32-18-27(31)23-14-10-20(2)11-15-23/h3-16H,18H2,1-2H3. The van der Waals surface area contributed by atoms with E-state index >= 15 is 0 Å². The van der Waals surface area contributed by atoms with Crippen molar-refractivity contribution < 1.29 is 4.79 Å². The van der Waals surface area contributed by atoms with Gasteiger partial charge in [0.25, 0.3) is 0 Å². The molecule has 3 nitrogen and oxygen atoms in total. The van der Waals surface area contributed by atoms with E-state index in [1.165, 1.54) is 17.3 Å². The molecule has 0 aliphatic heterocycles. The van der Waals surface area contributed by atoms with Gasteiger partial charge in [-0.15, -0.1) is 0 Å². The highest BCUT2D eigenvalue weighted by molar-refractivity contribution is 8.00. The maximum Gasteiger partial charge on any atom is 0.173 e. The molecule has 4 aromatic rings. The number of carbonyl (C=O) groups is 1. The molecule has 0 spiro atoms. The number of carbonyl (C=O) groups excluding carboxylic acids is 1. The number of aromatic nitrogens is 1. The number of rotatable bonds is 6. The Hall–Kier alpha value is -3.68. The topological polar surface area (TPSA) is 53.8 Å². The van der Waals surface area contributed by atoms with Crippen molar-refractivity contribution in [2.24, 2.45) is 0 Å². The number of hydrogen-bond acceptors (Lipinski definition) is 4. The van der Waals surface area contributed by atoms with E-state index in [0.29, 0.717) is 16.2 Å². The van der Waals surface area contributed by atoms with Crippen LogP contribution in [0.2, 0.25) is 0 Å². The van der Waals surface area contributed by atoms with E-state index in [4.69, 9.17) is 4.98 Å². The molecule has 4 heteroatoms. The fourth-order valence-corrected chi connectivity index (χ4v) is 4.31. The van der Waals surface area contributed by atoms with E-state index in [9.17, 15) is 10.1 Å². The molecule has 1 heterocycles. The summed E-state index contributed by atoms with van der Waals surface area (Å²) >= 11 is 1.32. The maximum absolute atomic E-state index is 12.7. The molecule has 32 heavy (non-hydrogen) atoms. The van der Waals surface area contributed by atoms with E-state index in [1.807, 2.05) is 98.8 Å². The summed E-state index contributed by atoms with van der Waals surface area (Å²) in [6.07, 6.45) is 0. The number of benzene rings is 3. The summed E-state index contributed by atoms with van der Waals surface area (Å²) in [7, 11) is 0. The highest BCUT2D eigenvalue weighted by Crippen LogP contribution is 2.34. The van der Waals surface area contributed by atoms with Crippen molar-refractivity contribution in [1.29, 1.82) is 5.26 Å². The van der Waals surface area contributed by atoms with Gasteiger partial charge >= 0.3 is 0 Å². The fraction of sp³-hybridized carbons (Fsp3) is 0.107. The summed E-state index contributed by atoms with van der Waals surface area (Å²) in [4.78, 5) is 17.5. The molecule has 156 valence electrons. The van der Waals surface area contributed by atoms with Crippen LogP contribution < -0.4 is 0 Å². The van der Waals surface area contributed by atoms with Crippen LogP contribution in [0.1, 0.15) is 27.0 Å². The SMILES string of the molecule is Cc1ccc(C(=O)CSc2nc(-c3ccc(C)cc3)cc(-c3ccccc3)c2C#N)cc1. The molecular formula is C28H22N2OS. The molecule has 0 fully saturated rings. The monoisotopic (exact) mass is 434 g/mol. The van der Waals surface area contributed by atoms with Gasteiger partial charge in [0.15, 0.2) is 5.78 Å². The summed E-state index contributed by atoms with van der Waals surface area (Å²) in [5, 5.41) is 10.6. The van der Waals surface area contributed by atoms with Crippen molar-refractivity contribution in [3.05, 3.63) is 107 Å². The lowest BCUT2D eigenvalue weighted by Crippen LogP contribution is -2.04. The quantitative estimate of drug-likeness (QED) is 0.245. The van der Waals surface area contributed by atoms with E-state index in [0.717, 1.165) is 27.9 Å². The smallest absolute Gasteiger partial charge is 0.173 e. The van der Waals surface area contributed by atoms with Crippen LogP contribution in [0.5, 0.6) is 0 Å². The normalized spacial score (nSPS) is 10.5. The number of pyridine rings is 1. The van der Waals surface area contributed by atoms with E-state index in [1.54, 1.807) is 0 Å². The first-order chi connectivity index (χ1) is 15.5. The van der Waals surface area contributed by atoms with Crippen molar-refractivity contribution in [2.45, 2.75) is 18.9 Å². The third-order valence-corrected chi connectivity index (χ3v) is 6.22. The molecule has 0 bridgehead atoms. The number of aryl methyl sites for hydroxylation is 2. The molecule has 1 aromatic heterocycles. The predicted molar refractivity (Wildman–Crippen MR) is 131 cm³/mol. The third kappa shape index (κ3) is 4.80. The summed E-state index contributed by atoms with van der Waals surface area (Å²) in [5.74, 6) is 0.235. The zero-order chi connectivity index (χ0) is 22.5. The van der Waals surface area contributed by atoms with Crippen LogP contribution in [-0.2, 0) is 0 Å². The van der Waals surface area contributed by atoms with Crippen LogP contribution in [0.15, 0.2) is 90.0 Å². The van der Waals surface area contributed by atoms with Gasteiger partial charge in [-0.2, -0.15) is 5.26 Å². The lowest BCUT2D eigenvalue weighted by Gasteiger charge is -2.13. The Balaban J connectivity index is 1.75. The Labute approximate surface area is 192 Å². The predicted octanol–water partition coefficient (Wildman–Crippen LogP) is 6.88. The Morgan fingerprint density at radius 1 is 0.875 bits per heavy atom. The van der Waals surface area contributed by atoms with Crippen molar-refractivity contribution in [2.75, 3.05) is 5.75 Å². The average molecular weight is 435 g/mol. The van der Waals surface area contributed by atoms with Crippen LogP contribution in [0, 0.1) is 25.2 Å². The van der Waals surface area contributed by atoms with E-state index in [2.05, 4.69) is 6.07 Å². The number of nitrogens with zero attached hydrogens (tertiary/aromatic N) is 2. The first-order valence-corrected chi connectivity index (χ1v) is 11.3. The van der Waals surface area contributed by atoms with Crippen molar-refractivity contribution in [1.82, 2.24) is 4.98 Å². The molecule has 0 atom stereocenters. The summed E-state index contributed by atoms with van der Waals surface area (Å²) in [5.41, 5.74) is 6.98. The van der Waals surface area contributed by atoms with Gasteiger partial charge in [0.1, 0.15) is 11.1 Å². The summed E-state index contributed by atoms with van der Waals surface area (Å²) in [6, 6.07) is 29.8. The molecule has 0 saturated carbocycles. The largest absolute Gasteiger partial charge is 0.293 e. The highest BCUT2D eigenvalue weighted by atomic mass is 32.2. The maximum atomic E-state index is 12.7. The molecule has 0 N–H and O–H groups in total.